The van der Waals surface area contributed by atoms with Gasteiger partial charge in [0.15, 0.2) is 5.13 Å². The maximum Gasteiger partial charge on any atom is 0.229 e. The molecule has 1 aliphatic heterocycles. The first kappa shape index (κ1) is 18.7. The molecule has 1 aromatic heterocycles. The Morgan fingerprint density at radius 2 is 2.18 bits per heavy atom. The molecular formula is C21H22FN3O2S. The van der Waals surface area contributed by atoms with E-state index in [0.717, 1.165) is 29.2 Å². The largest absolute Gasteiger partial charge is 0.492 e. The summed E-state index contributed by atoms with van der Waals surface area (Å²) in [7, 11) is 0. The third-order valence-electron chi connectivity index (χ3n) is 4.87. The second-order valence-corrected chi connectivity index (χ2v) is 7.80. The van der Waals surface area contributed by atoms with Gasteiger partial charge in [-0.15, -0.1) is 0 Å². The zero-order valence-electron chi connectivity index (χ0n) is 15.7. The standard InChI is InChI=1S/C21H22FN3O2S/c1-2-27-17-10-4-3-9-16(17)23-20(26)14-7-6-12-25(13-14)21-24-19-15(22)8-5-11-18(19)28-21/h3-5,8-11,14H,2,6-7,12-13H2,1H3,(H,23,26). The Labute approximate surface area is 167 Å². The summed E-state index contributed by atoms with van der Waals surface area (Å²) in [5.41, 5.74) is 1.09. The minimum Gasteiger partial charge on any atom is -0.492 e. The van der Waals surface area contributed by atoms with Crippen molar-refractivity contribution >= 4 is 38.3 Å². The van der Waals surface area contributed by atoms with Crippen molar-refractivity contribution in [3.8, 4) is 5.75 Å². The molecule has 3 aromatic rings. The fourth-order valence-electron chi connectivity index (χ4n) is 3.49. The molecule has 1 fully saturated rings. The molecule has 4 rings (SSSR count). The lowest BCUT2D eigenvalue weighted by molar-refractivity contribution is -0.120. The predicted octanol–water partition coefficient (Wildman–Crippen LogP) is 4.69. The summed E-state index contributed by atoms with van der Waals surface area (Å²) in [6, 6.07) is 12.5. The van der Waals surface area contributed by atoms with Gasteiger partial charge in [0.25, 0.3) is 0 Å². The number of carbonyl (C=O) groups excluding carboxylic acids is 1. The van der Waals surface area contributed by atoms with Gasteiger partial charge < -0.3 is 15.0 Å². The van der Waals surface area contributed by atoms with E-state index in [4.69, 9.17) is 4.74 Å². The number of ether oxygens (including phenoxy) is 1. The second kappa shape index (κ2) is 8.14. The van der Waals surface area contributed by atoms with E-state index in [-0.39, 0.29) is 17.6 Å². The highest BCUT2D eigenvalue weighted by atomic mass is 32.1. The monoisotopic (exact) mass is 399 g/mol. The molecule has 0 aliphatic carbocycles. The lowest BCUT2D eigenvalue weighted by atomic mass is 9.97. The molecule has 2 heterocycles. The van der Waals surface area contributed by atoms with Crippen LogP contribution in [0.3, 0.4) is 0 Å². The number of benzene rings is 2. The van der Waals surface area contributed by atoms with Gasteiger partial charge in [-0.25, -0.2) is 9.37 Å². The molecule has 1 amide bonds. The normalized spacial score (nSPS) is 16.9. The number of aromatic nitrogens is 1. The van der Waals surface area contributed by atoms with Crippen LogP contribution in [0.2, 0.25) is 0 Å². The van der Waals surface area contributed by atoms with E-state index in [1.54, 1.807) is 6.07 Å². The Morgan fingerprint density at radius 3 is 3.00 bits per heavy atom. The van der Waals surface area contributed by atoms with Crippen LogP contribution in [0, 0.1) is 11.7 Å². The number of nitrogens with zero attached hydrogens (tertiary/aromatic N) is 2. The van der Waals surface area contributed by atoms with Gasteiger partial charge in [-0.3, -0.25) is 4.79 Å². The van der Waals surface area contributed by atoms with Crippen LogP contribution in [-0.2, 0) is 4.79 Å². The number of anilines is 2. The molecular weight excluding hydrogens is 377 g/mol. The number of thiazole rings is 1. The molecule has 28 heavy (non-hydrogen) atoms. The first-order chi connectivity index (χ1) is 13.7. The Bertz CT molecular complexity index is 991. The molecule has 1 unspecified atom stereocenters. The van der Waals surface area contributed by atoms with E-state index in [0.29, 0.717) is 30.1 Å². The van der Waals surface area contributed by atoms with Crippen molar-refractivity contribution in [1.82, 2.24) is 4.98 Å². The fourth-order valence-corrected chi connectivity index (χ4v) is 4.50. The van der Waals surface area contributed by atoms with E-state index in [2.05, 4.69) is 15.2 Å². The molecule has 0 bridgehead atoms. The second-order valence-electron chi connectivity index (χ2n) is 6.79. The maximum atomic E-state index is 14.0. The fraction of sp³-hybridized carbons (Fsp3) is 0.333. The summed E-state index contributed by atoms with van der Waals surface area (Å²) in [6.45, 7) is 3.85. The number of rotatable bonds is 5. The highest BCUT2D eigenvalue weighted by Gasteiger charge is 2.28. The maximum absolute atomic E-state index is 14.0. The SMILES string of the molecule is CCOc1ccccc1NC(=O)C1CCCN(c2nc3c(F)cccc3s2)C1. The summed E-state index contributed by atoms with van der Waals surface area (Å²) in [6.07, 6.45) is 1.71. The highest BCUT2D eigenvalue weighted by molar-refractivity contribution is 7.22. The summed E-state index contributed by atoms with van der Waals surface area (Å²) in [4.78, 5) is 19.4. The Hall–Kier alpha value is -2.67. The first-order valence-electron chi connectivity index (χ1n) is 9.48. The van der Waals surface area contributed by atoms with E-state index in [9.17, 15) is 9.18 Å². The van der Waals surface area contributed by atoms with E-state index in [1.165, 1.54) is 17.4 Å². The van der Waals surface area contributed by atoms with Crippen LogP contribution in [0.25, 0.3) is 10.2 Å². The Balaban J connectivity index is 1.49. The van der Waals surface area contributed by atoms with E-state index in [1.807, 2.05) is 37.3 Å². The number of fused-ring (bicyclic) bond motifs is 1. The zero-order valence-corrected chi connectivity index (χ0v) is 16.5. The van der Waals surface area contributed by atoms with Crippen LogP contribution in [0.4, 0.5) is 15.2 Å². The van der Waals surface area contributed by atoms with Gasteiger partial charge in [-0.2, -0.15) is 0 Å². The summed E-state index contributed by atoms with van der Waals surface area (Å²) >= 11 is 1.47. The van der Waals surface area contributed by atoms with Crippen LogP contribution in [-0.4, -0.2) is 30.6 Å². The third-order valence-corrected chi connectivity index (χ3v) is 5.95. The lowest BCUT2D eigenvalue weighted by Crippen LogP contribution is -2.40. The van der Waals surface area contributed by atoms with Crippen molar-refractivity contribution in [2.24, 2.45) is 5.92 Å². The van der Waals surface area contributed by atoms with Gasteiger partial charge in [0.05, 0.1) is 22.9 Å². The number of halogens is 1. The molecule has 1 atom stereocenters. The number of amides is 1. The van der Waals surface area contributed by atoms with Gasteiger partial charge in [0, 0.05) is 13.1 Å². The van der Waals surface area contributed by atoms with Crippen molar-refractivity contribution in [1.29, 1.82) is 0 Å². The van der Waals surface area contributed by atoms with Crippen molar-refractivity contribution in [2.45, 2.75) is 19.8 Å². The third kappa shape index (κ3) is 3.80. The number of nitrogens with one attached hydrogen (secondary N) is 1. The number of piperidine rings is 1. The molecule has 1 aliphatic rings. The van der Waals surface area contributed by atoms with Gasteiger partial charge in [-0.05, 0) is 44.0 Å². The molecule has 1 N–H and O–H groups in total. The Morgan fingerprint density at radius 1 is 1.32 bits per heavy atom. The number of carbonyl (C=O) groups is 1. The molecule has 146 valence electrons. The summed E-state index contributed by atoms with van der Waals surface area (Å²) in [5.74, 6) is 0.191. The number of para-hydroxylation sites is 3. The van der Waals surface area contributed by atoms with Crippen LogP contribution in [0.5, 0.6) is 5.75 Å². The number of hydrogen-bond acceptors (Lipinski definition) is 5. The van der Waals surface area contributed by atoms with Gasteiger partial charge in [0.1, 0.15) is 17.1 Å². The molecule has 2 aromatic carbocycles. The van der Waals surface area contributed by atoms with Crippen molar-refractivity contribution in [2.75, 3.05) is 29.9 Å². The van der Waals surface area contributed by atoms with Crippen molar-refractivity contribution < 1.29 is 13.9 Å². The average molecular weight is 399 g/mol. The molecule has 1 saturated heterocycles. The molecule has 0 saturated carbocycles. The molecule has 0 spiro atoms. The minimum atomic E-state index is -0.307. The van der Waals surface area contributed by atoms with E-state index >= 15 is 0 Å². The van der Waals surface area contributed by atoms with Crippen molar-refractivity contribution in [3.63, 3.8) is 0 Å². The summed E-state index contributed by atoms with van der Waals surface area (Å²) < 4.78 is 20.4. The molecule has 7 heteroatoms. The average Bonchev–Trinajstić information content (AvgIpc) is 3.16. The quantitative estimate of drug-likeness (QED) is 0.676. The van der Waals surface area contributed by atoms with Crippen LogP contribution >= 0.6 is 11.3 Å². The van der Waals surface area contributed by atoms with E-state index < -0.39 is 0 Å². The van der Waals surface area contributed by atoms with Crippen LogP contribution in [0.1, 0.15) is 19.8 Å². The van der Waals surface area contributed by atoms with Gasteiger partial charge in [-0.1, -0.05) is 29.5 Å². The lowest BCUT2D eigenvalue weighted by Gasteiger charge is -2.31. The van der Waals surface area contributed by atoms with Crippen LogP contribution in [0.15, 0.2) is 42.5 Å². The van der Waals surface area contributed by atoms with Crippen LogP contribution < -0.4 is 15.0 Å². The zero-order chi connectivity index (χ0) is 19.5. The minimum absolute atomic E-state index is 0.0239. The highest BCUT2D eigenvalue weighted by Crippen LogP contribution is 2.33. The first-order valence-corrected chi connectivity index (χ1v) is 10.3. The van der Waals surface area contributed by atoms with Crippen molar-refractivity contribution in [3.05, 3.63) is 48.3 Å². The topological polar surface area (TPSA) is 54.5 Å². The van der Waals surface area contributed by atoms with Gasteiger partial charge in [0.2, 0.25) is 5.91 Å². The smallest absolute Gasteiger partial charge is 0.229 e. The Kier molecular flexibility index (Phi) is 5.43. The van der Waals surface area contributed by atoms with Gasteiger partial charge >= 0.3 is 0 Å². The number of hydrogen-bond donors (Lipinski definition) is 1. The predicted molar refractivity (Wildman–Crippen MR) is 111 cm³/mol. The molecule has 0 radical (unpaired) electrons. The molecule has 5 nitrogen and oxygen atoms in total. The summed E-state index contributed by atoms with van der Waals surface area (Å²) in [5, 5.41) is 3.78.